The number of hydrogen-bond donors (Lipinski definition) is 0. The highest BCUT2D eigenvalue weighted by molar-refractivity contribution is 5.13. The van der Waals surface area contributed by atoms with Crippen LogP contribution in [0, 0.1) is 0 Å². The number of likely N-dealkylation sites (tertiary alicyclic amines) is 1. The van der Waals surface area contributed by atoms with Crippen molar-refractivity contribution >= 4 is 0 Å². The van der Waals surface area contributed by atoms with E-state index in [0.29, 0.717) is 0 Å². The molecule has 0 saturated carbocycles. The molecule has 1 aliphatic heterocycles. The minimum Gasteiger partial charge on any atom is -0.320 e. The third kappa shape index (κ3) is 4.65. The summed E-state index contributed by atoms with van der Waals surface area (Å²) in [6.45, 7) is 7.76. The van der Waals surface area contributed by atoms with Gasteiger partial charge in [-0.1, -0.05) is 50.1 Å². The monoisotopic (exact) mass is 260 g/mol. The van der Waals surface area contributed by atoms with Crippen molar-refractivity contribution in [3.05, 3.63) is 35.9 Å². The van der Waals surface area contributed by atoms with Gasteiger partial charge in [-0.2, -0.15) is 0 Å². The van der Waals surface area contributed by atoms with Crippen LogP contribution in [0.3, 0.4) is 0 Å². The quantitative estimate of drug-likeness (QED) is 0.489. The summed E-state index contributed by atoms with van der Waals surface area (Å²) in [4.78, 5) is 0. The number of benzene rings is 1. The van der Waals surface area contributed by atoms with Crippen LogP contribution in [0.5, 0.6) is 0 Å². The molecule has 0 amide bonds. The van der Waals surface area contributed by atoms with Crippen LogP contribution in [-0.2, 0) is 6.54 Å². The Kier molecular flexibility index (Phi) is 5.91. The van der Waals surface area contributed by atoms with Gasteiger partial charge in [-0.25, -0.2) is 0 Å². The van der Waals surface area contributed by atoms with E-state index in [-0.39, 0.29) is 0 Å². The van der Waals surface area contributed by atoms with Gasteiger partial charge in [0.05, 0.1) is 19.6 Å². The first-order valence-corrected chi connectivity index (χ1v) is 8.24. The second-order valence-electron chi connectivity index (χ2n) is 6.28. The summed E-state index contributed by atoms with van der Waals surface area (Å²) in [5, 5.41) is 0. The zero-order valence-corrected chi connectivity index (χ0v) is 12.6. The van der Waals surface area contributed by atoms with E-state index in [2.05, 4.69) is 37.3 Å². The molecule has 1 heteroatoms. The molecule has 1 heterocycles. The fraction of sp³-hybridized carbons (Fsp3) is 0.667. The van der Waals surface area contributed by atoms with E-state index in [1.54, 1.807) is 0 Å². The Balaban J connectivity index is 1.94. The van der Waals surface area contributed by atoms with Crippen LogP contribution in [0.1, 0.15) is 57.4 Å². The molecule has 1 nitrogen and oxygen atoms in total. The first-order chi connectivity index (χ1) is 9.35. The Bertz CT molecular complexity index is 338. The van der Waals surface area contributed by atoms with Crippen LogP contribution in [0.2, 0.25) is 0 Å². The van der Waals surface area contributed by atoms with Gasteiger partial charge < -0.3 is 4.48 Å². The molecule has 0 atom stereocenters. The molecule has 0 radical (unpaired) electrons. The summed E-state index contributed by atoms with van der Waals surface area (Å²) >= 11 is 0. The van der Waals surface area contributed by atoms with Crippen molar-refractivity contribution in [3.63, 3.8) is 0 Å². The maximum atomic E-state index is 2.31. The number of nitrogens with zero attached hydrogens (tertiary/aromatic N) is 1. The summed E-state index contributed by atoms with van der Waals surface area (Å²) in [6.07, 6.45) is 9.90. The smallest absolute Gasteiger partial charge is 0.104 e. The SMILES string of the molecule is CCCCCC[N+]1(Cc2ccccc2)CCCCC1. The normalized spacial score (nSPS) is 18.4. The zero-order chi connectivity index (χ0) is 13.4. The lowest BCUT2D eigenvalue weighted by atomic mass is 10.0. The number of rotatable bonds is 7. The van der Waals surface area contributed by atoms with E-state index < -0.39 is 0 Å². The lowest BCUT2D eigenvalue weighted by molar-refractivity contribution is -0.945. The predicted octanol–water partition coefficient (Wildman–Crippen LogP) is 4.77. The average Bonchev–Trinajstić information content (AvgIpc) is 2.46. The van der Waals surface area contributed by atoms with Crippen molar-refractivity contribution in [2.45, 2.75) is 58.4 Å². The van der Waals surface area contributed by atoms with Crippen LogP contribution < -0.4 is 0 Å². The highest BCUT2D eigenvalue weighted by Gasteiger charge is 2.29. The lowest BCUT2D eigenvalue weighted by Gasteiger charge is -2.42. The summed E-state index contributed by atoms with van der Waals surface area (Å²) in [7, 11) is 0. The summed E-state index contributed by atoms with van der Waals surface area (Å²) in [5.41, 5.74) is 1.53. The van der Waals surface area contributed by atoms with Crippen molar-refractivity contribution in [3.8, 4) is 0 Å². The average molecular weight is 260 g/mol. The fourth-order valence-electron chi connectivity index (χ4n) is 3.49. The van der Waals surface area contributed by atoms with E-state index in [0.717, 1.165) is 0 Å². The molecule has 1 fully saturated rings. The van der Waals surface area contributed by atoms with Crippen molar-refractivity contribution < 1.29 is 4.48 Å². The molecule has 0 N–H and O–H groups in total. The molecule has 19 heavy (non-hydrogen) atoms. The Labute approximate surface area is 119 Å². The topological polar surface area (TPSA) is 0 Å². The van der Waals surface area contributed by atoms with Crippen LogP contribution in [0.4, 0.5) is 0 Å². The maximum absolute atomic E-state index is 2.31. The minimum atomic E-state index is 1.26. The standard InChI is InChI=1S/C18H30N/c1-2-3-4-9-14-19(15-10-6-11-16-19)17-18-12-7-5-8-13-18/h5,7-8,12-13H,2-4,6,9-11,14-17H2,1H3/q+1. The molecule has 106 valence electrons. The molecule has 0 aliphatic carbocycles. The summed E-state index contributed by atoms with van der Waals surface area (Å²) in [6, 6.07) is 11.1. The lowest BCUT2D eigenvalue weighted by Crippen LogP contribution is -2.51. The second-order valence-corrected chi connectivity index (χ2v) is 6.28. The van der Waals surface area contributed by atoms with E-state index in [1.807, 2.05) is 0 Å². The second kappa shape index (κ2) is 7.69. The van der Waals surface area contributed by atoms with Crippen LogP contribution in [0.25, 0.3) is 0 Å². The highest BCUT2D eigenvalue weighted by atomic mass is 15.4. The van der Waals surface area contributed by atoms with Gasteiger partial charge in [0.15, 0.2) is 0 Å². The van der Waals surface area contributed by atoms with Gasteiger partial charge in [0, 0.05) is 5.56 Å². The molecule has 1 saturated heterocycles. The van der Waals surface area contributed by atoms with Gasteiger partial charge in [0.1, 0.15) is 6.54 Å². The minimum absolute atomic E-state index is 1.26. The van der Waals surface area contributed by atoms with Crippen molar-refractivity contribution in [2.75, 3.05) is 19.6 Å². The van der Waals surface area contributed by atoms with E-state index in [1.165, 1.54) is 81.2 Å². The first-order valence-electron chi connectivity index (χ1n) is 8.24. The van der Waals surface area contributed by atoms with Gasteiger partial charge in [-0.05, 0) is 32.1 Å². The van der Waals surface area contributed by atoms with E-state index in [9.17, 15) is 0 Å². The molecule has 1 aliphatic rings. The molecule has 0 spiro atoms. The molecule has 2 rings (SSSR count). The van der Waals surface area contributed by atoms with Crippen molar-refractivity contribution in [1.82, 2.24) is 0 Å². The molecule has 1 aromatic rings. The Morgan fingerprint density at radius 1 is 0.895 bits per heavy atom. The molecule has 0 aromatic heterocycles. The number of unbranched alkanes of at least 4 members (excludes halogenated alkanes) is 3. The fourth-order valence-corrected chi connectivity index (χ4v) is 3.49. The third-order valence-corrected chi connectivity index (χ3v) is 4.61. The Morgan fingerprint density at radius 3 is 2.32 bits per heavy atom. The van der Waals surface area contributed by atoms with Crippen molar-refractivity contribution in [2.24, 2.45) is 0 Å². The summed E-state index contributed by atoms with van der Waals surface area (Å²) < 4.78 is 1.35. The molecular weight excluding hydrogens is 230 g/mol. The molecule has 0 bridgehead atoms. The van der Waals surface area contributed by atoms with Crippen molar-refractivity contribution in [1.29, 1.82) is 0 Å². The highest BCUT2D eigenvalue weighted by Crippen LogP contribution is 2.24. The van der Waals surface area contributed by atoms with Crippen LogP contribution in [-0.4, -0.2) is 24.1 Å². The Hall–Kier alpha value is -0.820. The first kappa shape index (κ1) is 14.6. The van der Waals surface area contributed by atoms with E-state index in [4.69, 9.17) is 0 Å². The van der Waals surface area contributed by atoms with Gasteiger partial charge in [-0.3, -0.25) is 0 Å². The predicted molar refractivity (Wildman–Crippen MR) is 83.0 cm³/mol. The third-order valence-electron chi connectivity index (χ3n) is 4.61. The van der Waals surface area contributed by atoms with Gasteiger partial charge in [0.25, 0.3) is 0 Å². The van der Waals surface area contributed by atoms with Gasteiger partial charge in [-0.15, -0.1) is 0 Å². The Morgan fingerprint density at radius 2 is 1.63 bits per heavy atom. The molecule has 1 aromatic carbocycles. The van der Waals surface area contributed by atoms with Gasteiger partial charge >= 0.3 is 0 Å². The van der Waals surface area contributed by atoms with E-state index >= 15 is 0 Å². The molecule has 0 unspecified atom stereocenters. The van der Waals surface area contributed by atoms with Crippen LogP contribution in [0.15, 0.2) is 30.3 Å². The number of quaternary nitrogens is 1. The summed E-state index contributed by atoms with van der Waals surface area (Å²) in [5.74, 6) is 0. The zero-order valence-electron chi connectivity index (χ0n) is 12.6. The van der Waals surface area contributed by atoms with Crippen LogP contribution >= 0.6 is 0 Å². The number of piperidine rings is 1. The van der Waals surface area contributed by atoms with Gasteiger partial charge in [0.2, 0.25) is 0 Å². The number of hydrogen-bond acceptors (Lipinski definition) is 0. The molecular formula is C18H30N+. The maximum Gasteiger partial charge on any atom is 0.104 e. The largest absolute Gasteiger partial charge is 0.320 e.